The summed E-state index contributed by atoms with van der Waals surface area (Å²) in [6, 6.07) is 9.68. The number of hydrogen-bond acceptors (Lipinski definition) is 5. The minimum Gasteiger partial charge on any atom is -0.507 e. The number of ketones is 1. The number of likely N-dealkylation sites (tertiary alicyclic amines) is 1. The number of Topliss-reactive ketones (excluding diaryl/α,β-unsaturated/α-hetero) is 1. The van der Waals surface area contributed by atoms with Gasteiger partial charge in [0.2, 0.25) is 0 Å². The normalized spacial score (nSPS) is 19.4. The Kier molecular flexibility index (Phi) is 4.63. The number of carbonyl (C=O) groups is 2. The monoisotopic (exact) mass is 338 g/mol. The first kappa shape index (κ1) is 16.9. The number of rotatable bonds is 4. The fourth-order valence-electron chi connectivity index (χ4n) is 2.97. The smallest absolute Gasteiger partial charge is 0.295 e. The number of carbonyl (C=O) groups excluding carboxylic acids is 2. The van der Waals surface area contributed by atoms with Gasteiger partial charge in [-0.1, -0.05) is 35.9 Å². The molecule has 1 aromatic carbocycles. The zero-order valence-electron chi connectivity index (χ0n) is 13.7. The Hall–Kier alpha value is -2.99. The first-order valence-corrected chi connectivity index (χ1v) is 7.91. The highest BCUT2D eigenvalue weighted by Gasteiger charge is 2.45. The van der Waals surface area contributed by atoms with Crippen LogP contribution in [-0.4, -0.2) is 44.9 Å². The number of β-amino-alcohol motifs (C(OH)–C–C–N with tert-alkyl or cyclic N) is 1. The Morgan fingerprint density at radius 3 is 2.52 bits per heavy atom. The van der Waals surface area contributed by atoms with Crippen molar-refractivity contribution in [3.05, 3.63) is 71.1 Å². The first-order valence-electron chi connectivity index (χ1n) is 7.91. The Morgan fingerprint density at radius 1 is 1.20 bits per heavy atom. The Balaban J connectivity index is 2.17. The molecule has 1 aromatic heterocycles. The van der Waals surface area contributed by atoms with Gasteiger partial charge in [-0.05, 0) is 18.6 Å². The summed E-state index contributed by atoms with van der Waals surface area (Å²) < 4.78 is 0. The van der Waals surface area contributed by atoms with E-state index in [1.807, 2.05) is 19.1 Å². The molecule has 6 heteroatoms. The predicted molar refractivity (Wildman–Crippen MR) is 91.5 cm³/mol. The van der Waals surface area contributed by atoms with E-state index in [0.717, 1.165) is 5.56 Å². The van der Waals surface area contributed by atoms with Crippen LogP contribution in [0.15, 0.2) is 54.4 Å². The summed E-state index contributed by atoms with van der Waals surface area (Å²) in [6.07, 6.45) is 3.13. The highest BCUT2D eigenvalue weighted by molar-refractivity contribution is 6.46. The van der Waals surface area contributed by atoms with Gasteiger partial charge in [-0.3, -0.25) is 14.6 Å². The summed E-state index contributed by atoms with van der Waals surface area (Å²) in [5, 5.41) is 20.0. The summed E-state index contributed by atoms with van der Waals surface area (Å²) in [7, 11) is 0. The largest absolute Gasteiger partial charge is 0.507 e. The standard InChI is InChI=1S/C19H18N2O4/c1-12-4-6-13(7-5-12)17(23)15-16(14-3-2-8-20-11-14)21(9-10-22)19(25)18(15)24/h2-8,11,16,22-23H,9-10H2,1H3/b17-15-. The number of aryl methyl sites for hydroxylation is 1. The van der Waals surface area contributed by atoms with Crippen LogP contribution in [0.1, 0.15) is 22.7 Å². The van der Waals surface area contributed by atoms with Gasteiger partial charge in [-0.15, -0.1) is 0 Å². The highest BCUT2D eigenvalue weighted by Crippen LogP contribution is 2.38. The van der Waals surface area contributed by atoms with Crippen LogP contribution >= 0.6 is 0 Å². The van der Waals surface area contributed by atoms with Crippen molar-refractivity contribution in [2.24, 2.45) is 0 Å². The second kappa shape index (κ2) is 6.86. The van der Waals surface area contributed by atoms with Crippen molar-refractivity contribution in [2.75, 3.05) is 13.2 Å². The number of benzene rings is 1. The van der Waals surface area contributed by atoms with Gasteiger partial charge < -0.3 is 15.1 Å². The van der Waals surface area contributed by atoms with Crippen LogP contribution in [0.3, 0.4) is 0 Å². The molecule has 0 spiro atoms. The Labute approximate surface area is 145 Å². The maximum absolute atomic E-state index is 12.5. The van der Waals surface area contributed by atoms with E-state index in [1.54, 1.807) is 36.7 Å². The quantitative estimate of drug-likeness (QED) is 0.504. The van der Waals surface area contributed by atoms with Gasteiger partial charge in [-0.2, -0.15) is 0 Å². The van der Waals surface area contributed by atoms with Gasteiger partial charge in [0.1, 0.15) is 5.76 Å². The molecule has 1 atom stereocenters. The van der Waals surface area contributed by atoms with E-state index in [-0.39, 0.29) is 24.5 Å². The fourth-order valence-corrected chi connectivity index (χ4v) is 2.97. The molecule has 1 amide bonds. The SMILES string of the molecule is Cc1ccc(/C(O)=C2/C(=O)C(=O)N(CCO)C2c2cccnc2)cc1. The van der Waals surface area contributed by atoms with Crippen LogP contribution in [0.4, 0.5) is 0 Å². The van der Waals surface area contributed by atoms with E-state index < -0.39 is 17.7 Å². The average Bonchev–Trinajstić information content (AvgIpc) is 2.88. The number of aliphatic hydroxyl groups excluding tert-OH is 2. The molecular formula is C19H18N2O4. The molecule has 2 N–H and O–H groups in total. The van der Waals surface area contributed by atoms with Crippen molar-refractivity contribution in [1.82, 2.24) is 9.88 Å². The second-order valence-electron chi connectivity index (χ2n) is 5.87. The molecule has 25 heavy (non-hydrogen) atoms. The minimum absolute atomic E-state index is 0.00515. The van der Waals surface area contributed by atoms with Gasteiger partial charge in [0.05, 0.1) is 18.2 Å². The molecule has 0 aliphatic carbocycles. The summed E-state index contributed by atoms with van der Waals surface area (Å²) in [6.45, 7) is 1.63. The lowest BCUT2D eigenvalue weighted by molar-refractivity contribution is -0.140. The van der Waals surface area contributed by atoms with E-state index in [9.17, 15) is 19.8 Å². The summed E-state index contributed by atoms with van der Waals surface area (Å²) in [4.78, 5) is 30.2. The minimum atomic E-state index is -0.776. The third-order valence-electron chi connectivity index (χ3n) is 4.21. The highest BCUT2D eigenvalue weighted by atomic mass is 16.3. The number of aromatic nitrogens is 1. The van der Waals surface area contributed by atoms with E-state index in [1.165, 1.54) is 4.90 Å². The fraction of sp³-hybridized carbons (Fsp3) is 0.211. The third kappa shape index (κ3) is 3.04. The number of aliphatic hydroxyl groups is 2. The molecule has 1 fully saturated rings. The van der Waals surface area contributed by atoms with Crippen LogP contribution in [0, 0.1) is 6.92 Å². The van der Waals surface area contributed by atoms with E-state index in [2.05, 4.69) is 4.98 Å². The van der Waals surface area contributed by atoms with Crippen LogP contribution in [0.2, 0.25) is 0 Å². The Bertz CT molecular complexity index is 828. The molecule has 1 unspecified atom stereocenters. The van der Waals surface area contributed by atoms with E-state index >= 15 is 0 Å². The molecule has 0 radical (unpaired) electrons. The predicted octanol–water partition coefficient (Wildman–Crippen LogP) is 1.80. The lowest BCUT2D eigenvalue weighted by atomic mass is 9.96. The van der Waals surface area contributed by atoms with Crippen molar-refractivity contribution >= 4 is 17.4 Å². The van der Waals surface area contributed by atoms with E-state index in [4.69, 9.17) is 0 Å². The van der Waals surface area contributed by atoms with Crippen LogP contribution in [-0.2, 0) is 9.59 Å². The molecule has 1 saturated heterocycles. The molecule has 0 bridgehead atoms. The number of hydrogen-bond donors (Lipinski definition) is 2. The molecule has 3 rings (SSSR count). The van der Waals surface area contributed by atoms with Crippen LogP contribution in [0.25, 0.3) is 5.76 Å². The molecule has 2 heterocycles. The van der Waals surface area contributed by atoms with Gasteiger partial charge in [-0.25, -0.2) is 0 Å². The molecule has 128 valence electrons. The van der Waals surface area contributed by atoms with Gasteiger partial charge >= 0.3 is 0 Å². The van der Waals surface area contributed by atoms with Crippen molar-refractivity contribution in [3.8, 4) is 0 Å². The average molecular weight is 338 g/mol. The number of amides is 1. The van der Waals surface area contributed by atoms with Crippen LogP contribution in [0.5, 0.6) is 0 Å². The van der Waals surface area contributed by atoms with Crippen molar-refractivity contribution in [3.63, 3.8) is 0 Å². The van der Waals surface area contributed by atoms with Gasteiger partial charge in [0.25, 0.3) is 11.7 Å². The lowest BCUT2D eigenvalue weighted by Crippen LogP contribution is -2.32. The maximum Gasteiger partial charge on any atom is 0.295 e. The van der Waals surface area contributed by atoms with Gasteiger partial charge in [0, 0.05) is 24.5 Å². The molecule has 0 saturated carbocycles. The summed E-state index contributed by atoms with van der Waals surface area (Å²) in [5.41, 5.74) is 2.08. The lowest BCUT2D eigenvalue weighted by Gasteiger charge is -2.24. The molecule has 1 aliphatic rings. The number of nitrogens with zero attached hydrogens (tertiary/aromatic N) is 2. The molecule has 6 nitrogen and oxygen atoms in total. The topological polar surface area (TPSA) is 90.7 Å². The number of pyridine rings is 1. The molecule has 2 aromatic rings. The van der Waals surface area contributed by atoms with Crippen LogP contribution < -0.4 is 0 Å². The zero-order chi connectivity index (χ0) is 18.0. The third-order valence-corrected chi connectivity index (χ3v) is 4.21. The van der Waals surface area contributed by atoms with Crippen molar-refractivity contribution in [2.45, 2.75) is 13.0 Å². The Morgan fingerprint density at radius 2 is 1.92 bits per heavy atom. The summed E-state index contributed by atoms with van der Waals surface area (Å²) >= 11 is 0. The summed E-state index contributed by atoms with van der Waals surface area (Å²) in [5.74, 6) is -1.73. The first-order chi connectivity index (χ1) is 12.0. The van der Waals surface area contributed by atoms with Crippen molar-refractivity contribution in [1.29, 1.82) is 0 Å². The molecule has 1 aliphatic heterocycles. The zero-order valence-corrected chi connectivity index (χ0v) is 13.7. The van der Waals surface area contributed by atoms with Crippen molar-refractivity contribution < 1.29 is 19.8 Å². The van der Waals surface area contributed by atoms with E-state index in [0.29, 0.717) is 11.1 Å². The van der Waals surface area contributed by atoms with Gasteiger partial charge in [0.15, 0.2) is 0 Å². The second-order valence-corrected chi connectivity index (χ2v) is 5.87. The maximum atomic E-state index is 12.5. The molecular weight excluding hydrogens is 320 g/mol.